The van der Waals surface area contributed by atoms with Gasteiger partial charge < -0.3 is 11.1 Å². The van der Waals surface area contributed by atoms with Crippen LogP contribution in [0.5, 0.6) is 0 Å². The average molecular weight is 365 g/mol. The largest absolute Gasteiger partial charge is 0.416 e. The van der Waals surface area contributed by atoms with Gasteiger partial charge in [-0.3, -0.25) is 4.79 Å². The van der Waals surface area contributed by atoms with Crippen molar-refractivity contribution in [2.45, 2.75) is 50.7 Å². The van der Waals surface area contributed by atoms with E-state index in [0.29, 0.717) is 18.4 Å². The number of rotatable bonds is 4. The lowest BCUT2D eigenvalue weighted by atomic mass is 9.76. The molecule has 2 rings (SSSR count). The molecule has 3 nitrogen and oxygen atoms in total. The molecule has 1 aromatic rings. The van der Waals surface area contributed by atoms with Crippen LogP contribution in [0.1, 0.15) is 50.2 Å². The van der Waals surface area contributed by atoms with Gasteiger partial charge in [-0.15, -0.1) is 12.4 Å². The van der Waals surface area contributed by atoms with Crippen LogP contribution in [0.25, 0.3) is 0 Å². The third kappa shape index (κ3) is 4.63. The van der Waals surface area contributed by atoms with Crippen molar-refractivity contribution in [3.63, 3.8) is 0 Å². The topological polar surface area (TPSA) is 55.1 Å². The lowest BCUT2D eigenvalue weighted by Crippen LogP contribution is -2.50. The molecule has 1 aliphatic carbocycles. The molecule has 0 aliphatic heterocycles. The molecule has 1 fully saturated rings. The van der Waals surface area contributed by atoms with Crippen molar-refractivity contribution >= 4 is 18.3 Å². The maximum Gasteiger partial charge on any atom is 0.416 e. The normalized spacial score (nSPS) is 18.4. The summed E-state index contributed by atoms with van der Waals surface area (Å²) in [5, 5.41) is 2.99. The highest BCUT2D eigenvalue weighted by molar-refractivity contribution is 5.85. The molecule has 0 heterocycles. The molecule has 7 heteroatoms. The van der Waals surface area contributed by atoms with E-state index in [9.17, 15) is 18.0 Å². The lowest BCUT2D eigenvalue weighted by molar-refractivity contribution is -0.137. The first-order valence-electron chi connectivity index (χ1n) is 7.98. The molecule has 0 bridgehead atoms. The van der Waals surface area contributed by atoms with E-state index in [0.717, 1.165) is 25.3 Å². The van der Waals surface area contributed by atoms with Gasteiger partial charge >= 0.3 is 6.18 Å². The van der Waals surface area contributed by atoms with Gasteiger partial charge in [-0.2, -0.15) is 13.2 Å². The smallest absolute Gasteiger partial charge is 0.346 e. The maximum atomic E-state index is 13.0. The zero-order valence-corrected chi connectivity index (χ0v) is 14.5. The number of nitrogens with one attached hydrogen (secondary N) is 1. The molecule has 0 aromatic heterocycles. The van der Waals surface area contributed by atoms with E-state index in [4.69, 9.17) is 5.73 Å². The van der Waals surface area contributed by atoms with Gasteiger partial charge in [-0.1, -0.05) is 38.3 Å². The highest BCUT2D eigenvalue weighted by Crippen LogP contribution is 2.39. The Morgan fingerprint density at radius 3 is 2.46 bits per heavy atom. The standard InChI is InChI=1S/C17H23F3N2O.ClH/c1-12(11-21)15(23)22-16(8-3-2-4-9-16)13-6-5-7-14(10-13)17(18,19)20;/h5-7,10,12H,2-4,8-9,11,21H2,1H3,(H,22,23);1H. The summed E-state index contributed by atoms with van der Waals surface area (Å²) in [4.78, 5) is 12.3. The van der Waals surface area contributed by atoms with Crippen molar-refractivity contribution in [1.82, 2.24) is 5.32 Å². The van der Waals surface area contributed by atoms with Crippen molar-refractivity contribution in [3.05, 3.63) is 35.4 Å². The van der Waals surface area contributed by atoms with Gasteiger partial charge in [-0.05, 0) is 30.5 Å². The van der Waals surface area contributed by atoms with Crippen LogP contribution in [-0.4, -0.2) is 12.5 Å². The second-order valence-electron chi connectivity index (χ2n) is 6.35. The van der Waals surface area contributed by atoms with Crippen molar-refractivity contribution in [2.24, 2.45) is 11.7 Å². The van der Waals surface area contributed by atoms with E-state index in [1.807, 2.05) is 0 Å². The highest BCUT2D eigenvalue weighted by Gasteiger charge is 2.38. The summed E-state index contributed by atoms with van der Waals surface area (Å²) in [5.41, 5.74) is 4.66. The Morgan fingerprint density at radius 2 is 1.92 bits per heavy atom. The van der Waals surface area contributed by atoms with Crippen LogP contribution in [0.3, 0.4) is 0 Å². The van der Waals surface area contributed by atoms with E-state index >= 15 is 0 Å². The van der Waals surface area contributed by atoms with Gasteiger partial charge in [0.15, 0.2) is 0 Å². The van der Waals surface area contributed by atoms with Crippen LogP contribution in [0.2, 0.25) is 0 Å². The van der Waals surface area contributed by atoms with E-state index in [-0.39, 0.29) is 30.8 Å². The summed E-state index contributed by atoms with van der Waals surface area (Å²) in [6.07, 6.45) is -0.292. The van der Waals surface area contributed by atoms with Crippen LogP contribution in [0.15, 0.2) is 24.3 Å². The quantitative estimate of drug-likeness (QED) is 0.848. The third-order valence-corrected chi connectivity index (χ3v) is 4.61. The third-order valence-electron chi connectivity index (χ3n) is 4.61. The van der Waals surface area contributed by atoms with Gasteiger partial charge in [0.25, 0.3) is 0 Å². The zero-order valence-electron chi connectivity index (χ0n) is 13.7. The van der Waals surface area contributed by atoms with E-state index in [1.165, 1.54) is 12.1 Å². The molecule has 0 saturated heterocycles. The fourth-order valence-corrected chi connectivity index (χ4v) is 3.10. The number of carbonyl (C=O) groups excluding carboxylic acids is 1. The number of nitrogens with two attached hydrogens (primary N) is 1. The van der Waals surface area contributed by atoms with E-state index < -0.39 is 17.3 Å². The predicted octanol–water partition coefficient (Wildman–Crippen LogP) is 4.00. The number of hydrogen-bond acceptors (Lipinski definition) is 2. The van der Waals surface area contributed by atoms with Crippen LogP contribution in [-0.2, 0) is 16.5 Å². The number of carbonyl (C=O) groups is 1. The van der Waals surface area contributed by atoms with Crippen molar-refractivity contribution in [2.75, 3.05) is 6.54 Å². The zero-order chi connectivity index (χ0) is 17.1. The molecule has 1 aliphatic rings. The number of amides is 1. The molecule has 1 atom stereocenters. The van der Waals surface area contributed by atoms with Crippen molar-refractivity contribution in [1.29, 1.82) is 0 Å². The first-order valence-corrected chi connectivity index (χ1v) is 7.98. The van der Waals surface area contributed by atoms with Crippen LogP contribution < -0.4 is 11.1 Å². The monoisotopic (exact) mass is 364 g/mol. The molecular weight excluding hydrogens is 341 g/mol. The Bertz CT molecular complexity index is 557. The number of benzene rings is 1. The molecule has 1 aromatic carbocycles. The molecule has 1 unspecified atom stereocenters. The van der Waals surface area contributed by atoms with E-state index in [2.05, 4.69) is 5.32 Å². The molecular formula is C17H24ClF3N2O. The maximum absolute atomic E-state index is 13.0. The highest BCUT2D eigenvalue weighted by atomic mass is 35.5. The molecule has 3 N–H and O–H groups in total. The summed E-state index contributed by atoms with van der Waals surface area (Å²) < 4.78 is 39.0. The van der Waals surface area contributed by atoms with E-state index in [1.54, 1.807) is 13.0 Å². The Hall–Kier alpha value is -1.27. The predicted molar refractivity (Wildman–Crippen MR) is 89.8 cm³/mol. The Morgan fingerprint density at radius 1 is 1.29 bits per heavy atom. The summed E-state index contributed by atoms with van der Waals surface area (Å²) in [6, 6.07) is 5.31. The van der Waals surface area contributed by atoms with Crippen molar-refractivity contribution < 1.29 is 18.0 Å². The van der Waals surface area contributed by atoms with Crippen LogP contribution in [0, 0.1) is 5.92 Å². The Labute approximate surface area is 146 Å². The minimum atomic E-state index is -4.39. The Kier molecular flexibility index (Phi) is 7.10. The first-order chi connectivity index (χ1) is 10.8. The summed E-state index contributed by atoms with van der Waals surface area (Å²) in [7, 11) is 0. The fraction of sp³-hybridized carbons (Fsp3) is 0.588. The number of alkyl halides is 3. The molecule has 1 saturated carbocycles. The lowest BCUT2D eigenvalue weighted by Gasteiger charge is -2.39. The van der Waals surface area contributed by atoms with Crippen LogP contribution >= 0.6 is 12.4 Å². The number of halogens is 4. The second kappa shape index (κ2) is 8.21. The average Bonchev–Trinajstić information content (AvgIpc) is 2.54. The van der Waals surface area contributed by atoms with Crippen LogP contribution in [0.4, 0.5) is 13.2 Å². The first kappa shape index (κ1) is 20.8. The van der Waals surface area contributed by atoms with Gasteiger partial charge in [-0.25, -0.2) is 0 Å². The molecule has 1 amide bonds. The second-order valence-corrected chi connectivity index (χ2v) is 6.35. The van der Waals surface area contributed by atoms with Gasteiger partial charge in [0.2, 0.25) is 5.91 Å². The summed E-state index contributed by atoms with van der Waals surface area (Å²) in [6.45, 7) is 1.93. The fourth-order valence-electron chi connectivity index (χ4n) is 3.10. The number of hydrogen-bond donors (Lipinski definition) is 2. The SMILES string of the molecule is CC(CN)C(=O)NC1(c2cccc(C(F)(F)F)c2)CCCCC1.Cl. The van der Waals surface area contributed by atoms with Crippen molar-refractivity contribution in [3.8, 4) is 0 Å². The molecule has 24 heavy (non-hydrogen) atoms. The molecule has 136 valence electrons. The van der Waals surface area contributed by atoms with Gasteiger partial charge in [0.05, 0.1) is 11.1 Å². The Balaban J connectivity index is 0.00000288. The minimum Gasteiger partial charge on any atom is -0.346 e. The molecule has 0 spiro atoms. The molecule has 0 radical (unpaired) electrons. The summed E-state index contributed by atoms with van der Waals surface area (Å²) in [5.74, 6) is -0.564. The minimum absolute atomic E-state index is 0. The van der Waals surface area contributed by atoms with Gasteiger partial charge in [0, 0.05) is 12.5 Å². The van der Waals surface area contributed by atoms with Gasteiger partial charge in [0.1, 0.15) is 0 Å². The summed E-state index contributed by atoms with van der Waals surface area (Å²) >= 11 is 0.